The van der Waals surface area contributed by atoms with Gasteiger partial charge in [0.1, 0.15) is 0 Å². The Bertz CT molecular complexity index is 295. The average Bonchev–Trinajstić information content (AvgIpc) is 2.03. The summed E-state index contributed by atoms with van der Waals surface area (Å²) >= 11 is 0. The highest BCUT2D eigenvalue weighted by Crippen LogP contribution is 2.23. The van der Waals surface area contributed by atoms with Gasteiger partial charge in [-0.2, -0.15) is 0 Å². The van der Waals surface area contributed by atoms with Gasteiger partial charge in [-0.3, -0.25) is 0 Å². The average molecular weight is 185 g/mol. The lowest BCUT2D eigenvalue weighted by Gasteiger charge is -2.10. The summed E-state index contributed by atoms with van der Waals surface area (Å²) in [5.74, 6) is 0. The van der Waals surface area contributed by atoms with E-state index in [4.69, 9.17) is 5.73 Å². The Morgan fingerprint density at radius 1 is 1.31 bits per heavy atom. The summed E-state index contributed by atoms with van der Waals surface area (Å²) in [6.07, 6.45) is -2.40. The molecular formula is C10H13F2N. The molecule has 1 rings (SSSR count). The molecule has 3 heteroatoms. The number of rotatable bonds is 2. The molecule has 0 aliphatic carbocycles. The van der Waals surface area contributed by atoms with E-state index in [2.05, 4.69) is 0 Å². The SMILES string of the molecule is Cc1cc(C(F)F)ccc1[C@H](C)N. The van der Waals surface area contributed by atoms with E-state index in [0.717, 1.165) is 11.1 Å². The van der Waals surface area contributed by atoms with Gasteiger partial charge in [0.2, 0.25) is 0 Å². The molecule has 0 unspecified atom stereocenters. The van der Waals surface area contributed by atoms with Crippen molar-refractivity contribution >= 4 is 0 Å². The number of nitrogens with two attached hydrogens (primary N) is 1. The largest absolute Gasteiger partial charge is 0.324 e. The quantitative estimate of drug-likeness (QED) is 0.753. The first kappa shape index (κ1) is 10.1. The van der Waals surface area contributed by atoms with Gasteiger partial charge < -0.3 is 5.73 Å². The van der Waals surface area contributed by atoms with Crippen LogP contribution in [0.25, 0.3) is 0 Å². The van der Waals surface area contributed by atoms with Crippen LogP contribution in [-0.2, 0) is 0 Å². The summed E-state index contributed by atoms with van der Waals surface area (Å²) in [4.78, 5) is 0. The van der Waals surface area contributed by atoms with Crippen molar-refractivity contribution in [1.82, 2.24) is 0 Å². The summed E-state index contributed by atoms with van der Waals surface area (Å²) in [7, 11) is 0. The van der Waals surface area contributed by atoms with Crippen LogP contribution in [0.1, 0.15) is 36.1 Å². The predicted molar refractivity (Wildman–Crippen MR) is 48.7 cm³/mol. The van der Waals surface area contributed by atoms with Gasteiger partial charge >= 0.3 is 0 Å². The monoisotopic (exact) mass is 185 g/mol. The summed E-state index contributed by atoms with van der Waals surface area (Å²) in [6, 6.07) is 4.48. The van der Waals surface area contributed by atoms with Gasteiger partial charge in [0, 0.05) is 11.6 Å². The lowest BCUT2D eigenvalue weighted by Crippen LogP contribution is -2.07. The van der Waals surface area contributed by atoms with Crippen molar-refractivity contribution < 1.29 is 8.78 Å². The smallest absolute Gasteiger partial charge is 0.263 e. The van der Waals surface area contributed by atoms with E-state index in [1.54, 1.807) is 13.0 Å². The molecule has 0 saturated carbocycles. The molecule has 0 bridgehead atoms. The van der Waals surface area contributed by atoms with Crippen LogP contribution in [0.2, 0.25) is 0 Å². The lowest BCUT2D eigenvalue weighted by atomic mass is 10.0. The van der Waals surface area contributed by atoms with Crippen molar-refractivity contribution in [2.75, 3.05) is 0 Å². The maximum Gasteiger partial charge on any atom is 0.263 e. The molecule has 1 aromatic rings. The minimum Gasteiger partial charge on any atom is -0.324 e. The van der Waals surface area contributed by atoms with Crippen LogP contribution in [0.15, 0.2) is 18.2 Å². The number of aryl methyl sites for hydroxylation is 1. The maximum absolute atomic E-state index is 12.2. The van der Waals surface area contributed by atoms with Crippen LogP contribution in [0.4, 0.5) is 8.78 Å². The van der Waals surface area contributed by atoms with Gasteiger partial charge in [0.15, 0.2) is 0 Å². The summed E-state index contributed by atoms with van der Waals surface area (Å²) < 4.78 is 24.5. The molecule has 2 N–H and O–H groups in total. The molecule has 1 aromatic carbocycles. The molecule has 72 valence electrons. The van der Waals surface area contributed by atoms with E-state index < -0.39 is 6.43 Å². The van der Waals surface area contributed by atoms with Gasteiger partial charge in [0.25, 0.3) is 6.43 Å². The number of alkyl halides is 2. The van der Waals surface area contributed by atoms with Crippen LogP contribution in [-0.4, -0.2) is 0 Å². The maximum atomic E-state index is 12.2. The van der Waals surface area contributed by atoms with Gasteiger partial charge in [-0.1, -0.05) is 18.2 Å². The Kier molecular flexibility index (Phi) is 2.98. The second kappa shape index (κ2) is 3.83. The van der Waals surface area contributed by atoms with Gasteiger partial charge in [-0.15, -0.1) is 0 Å². The standard InChI is InChI=1S/C10H13F2N/c1-6-5-8(10(11)12)3-4-9(6)7(2)13/h3-5,7,10H,13H2,1-2H3/t7-/m0/s1. The van der Waals surface area contributed by atoms with Crippen LogP contribution >= 0.6 is 0 Å². The highest BCUT2D eigenvalue weighted by molar-refractivity contribution is 5.33. The third kappa shape index (κ3) is 2.25. The Morgan fingerprint density at radius 2 is 1.92 bits per heavy atom. The highest BCUT2D eigenvalue weighted by Gasteiger charge is 2.09. The van der Waals surface area contributed by atoms with E-state index in [9.17, 15) is 8.78 Å². The van der Waals surface area contributed by atoms with Crippen LogP contribution < -0.4 is 5.73 Å². The topological polar surface area (TPSA) is 26.0 Å². The number of hydrogen-bond acceptors (Lipinski definition) is 1. The Balaban J connectivity index is 3.06. The molecular weight excluding hydrogens is 172 g/mol. The number of benzene rings is 1. The molecule has 0 aromatic heterocycles. The zero-order valence-electron chi connectivity index (χ0n) is 7.72. The first-order valence-corrected chi connectivity index (χ1v) is 4.16. The summed E-state index contributed by atoms with van der Waals surface area (Å²) in [5, 5.41) is 0. The fourth-order valence-electron chi connectivity index (χ4n) is 1.35. The zero-order chi connectivity index (χ0) is 10.0. The van der Waals surface area contributed by atoms with Crippen molar-refractivity contribution in [3.05, 3.63) is 34.9 Å². The normalized spacial score (nSPS) is 13.4. The molecule has 0 saturated heterocycles. The van der Waals surface area contributed by atoms with Crippen LogP contribution in [0.3, 0.4) is 0 Å². The molecule has 13 heavy (non-hydrogen) atoms. The first-order valence-electron chi connectivity index (χ1n) is 4.16. The molecule has 1 nitrogen and oxygen atoms in total. The van der Waals surface area contributed by atoms with Crippen molar-refractivity contribution in [1.29, 1.82) is 0 Å². The minimum absolute atomic E-state index is 0.0573. The minimum atomic E-state index is -2.40. The fourth-order valence-corrected chi connectivity index (χ4v) is 1.35. The summed E-state index contributed by atoms with van der Waals surface area (Å²) in [6.45, 7) is 3.63. The van der Waals surface area contributed by atoms with E-state index in [1.807, 2.05) is 6.92 Å². The van der Waals surface area contributed by atoms with Gasteiger partial charge in [-0.05, 0) is 25.0 Å². The summed E-state index contributed by atoms with van der Waals surface area (Å²) in [5.41, 5.74) is 7.46. The second-order valence-electron chi connectivity index (χ2n) is 3.21. The Labute approximate surface area is 76.6 Å². The third-order valence-electron chi connectivity index (χ3n) is 2.04. The lowest BCUT2D eigenvalue weighted by molar-refractivity contribution is 0.151. The Hall–Kier alpha value is -0.960. The molecule has 0 radical (unpaired) electrons. The highest BCUT2D eigenvalue weighted by atomic mass is 19.3. The van der Waals surface area contributed by atoms with Crippen molar-refractivity contribution in [2.24, 2.45) is 5.73 Å². The van der Waals surface area contributed by atoms with Crippen LogP contribution in [0, 0.1) is 6.92 Å². The van der Waals surface area contributed by atoms with Crippen molar-refractivity contribution in [3.8, 4) is 0 Å². The molecule has 0 spiro atoms. The molecule has 0 heterocycles. The third-order valence-corrected chi connectivity index (χ3v) is 2.04. The van der Waals surface area contributed by atoms with Crippen molar-refractivity contribution in [2.45, 2.75) is 26.3 Å². The van der Waals surface area contributed by atoms with E-state index in [0.29, 0.717) is 0 Å². The number of halogens is 2. The van der Waals surface area contributed by atoms with Gasteiger partial charge in [-0.25, -0.2) is 8.78 Å². The molecule has 0 aliphatic rings. The number of hydrogen-bond donors (Lipinski definition) is 1. The predicted octanol–water partition coefficient (Wildman–Crippen LogP) is 2.95. The molecule has 0 amide bonds. The molecule has 1 atom stereocenters. The van der Waals surface area contributed by atoms with E-state index in [1.165, 1.54) is 12.1 Å². The van der Waals surface area contributed by atoms with E-state index in [-0.39, 0.29) is 11.6 Å². The van der Waals surface area contributed by atoms with Crippen molar-refractivity contribution in [3.63, 3.8) is 0 Å². The second-order valence-corrected chi connectivity index (χ2v) is 3.21. The molecule has 0 aliphatic heterocycles. The van der Waals surface area contributed by atoms with E-state index >= 15 is 0 Å². The van der Waals surface area contributed by atoms with Crippen LogP contribution in [0.5, 0.6) is 0 Å². The van der Waals surface area contributed by atoms with Gasteiger partial charge in [0.05, 0.1) is 0 Å². The fraction of sp³-hybridized carbons (Fsp3) is 0.400. The molecule has 0 fully saturated rings. The first-order chi connectivity index (χ1) is 6.02. The Morgan fingerprint density at radius 3 is 2.31 bits per heavy atom. The zero-order valence-corrected chi connectivity index (χ0v) is 7.72.